The molecule has 0 saturated heterocycles. The van der Waals surface area contributed by atoms with Crippen molar-refractivity contribution in [3.8, 4) is 0 Å². The van der Waals surface area contributed by atoms with Gasteiger partial charge in [0.15, 0.2) is 0 Å². The van der Waals surface area contributed by atoms with Crippen LogP contribution in [-0.4, -0.2) is 18.4 Å². The standard InChI is InChI=1S/C11H7Br3ClN/c12-8-5-4-2-1-3-16-7(4)6-9(15)10(5,6)11(8,13)14/h1-3,5-6,8-9H/t5-,6-,8+,9+,10+/m0/s1. The summed E-state index contributed by atoms with van der Waals surface area (Å²) in [5.74, 6) is 0.894. The van der Waals surface area contributed by atoms with Gasteiger partial charge in [0.05, 0.1) is 5.38 Å². The molecule has 16 heavy (non-hydrogen) atoms. The number of pyridine rings is 1. The summed E-state index contributed by atoms with van der Waals surface area (Å²) in [6, 6.07) is 4.21. The molecule has 1 spiro atoms. The van der Waals surface area contributed by atoms with Crippen LogP contribution in [0.4, 0.5) is 0 Å². The molecular weight excluding hydrogens is 421 g/mol. The van der Waals surface area contributed by atoms with Gasteiger partial charge in [-0.2, -0.15) is 0 Å². The maximum atomic E-state index is 6.50. The molecule has 2 saturated carbocycles. The van der Waals surface area contributed by atoms with Gasteiger partial charge in [0, 0.05) is 34.0 Å². The van der Waals surface area contributed by atoms with Gasteiger partial charge in [-0.3, -0.25) is 4.98 Å². The van der Waals surface area contributed by atoms with Gasteiger partial charge in [-0.15, -0.1) is 11.6 Å². The number of aromatic nitrogens is 1. The van der Waals surface area contributed by atoms with Crippen LogP contribution in [0.5, 0.6) is 0 Å². The molecule has 5 heteroatoms. The Bertz CT molecular complexity index is 491. The van der Waals surface area contributed by atoms with Gasteiger partial charge in [-0.25, -0.2) is 0 Å². The van der Waals surface area contributed by atoms with Crippen LogP contribution in [0.25, 0.3) is 0 Å². The number of alkyl halides is 4. The highest BCUT2D eigenvalue weighted by atomic mass is 79.9. The summed E-state index contributed by atoms with van der Waals surface area (Å²) < 4.78 is -0.0878. The van der Waals surface area contributed by atoms with Crippen molar-refractivity contribution in [1.29, 1.82) is 0 Å². The van der Waals surface area contributed by atoms with Crippen molar-refractivity contribution in [2.24, 2.45) is 5.41 Å². The number of halogens is 4. The third-order valence-electron chi connectivity index (χ3n) is 4.39. The Balaban J connectivity index is 1.95. The average molecular weight is 428 g/mol. The molecule has 0 unspecified atom stereocenters. The van der Waals surface area contributed by atoms with Crippen LogP contribution in [0.15, 0.2) is 18.3 Å². The van der Waals surface area contributed by atoms with Crippen molar-refractivity contribution in [2.45, 2.75) is 25.3 Å². The van der Waals surface area contributed by atoms with Crippen LogP contribution in [0, 0.1) is 5.41 Å². The van der Waals surface area contributed by atoms with Gasteiger partial charge in [0.2, 0.25) is 0 Å². The van der Waals surface area contributed by atoms with Crippen LogP contribution in [0.1, 0.15) is 23.1 Å². The zero-order valence-corrected chi connectivity index (χ0v) is 13.5. The number of hydrogen-bond donors (Lipinski definition) is 0. The highest BCUT2D eigenvalue weighted by Gasteiger charge is 2.89. The zero-order chi connectivity index (χ0) is 11.3. The summed E-state index contributed by atoms with van der Waals surface area (Å²) in [4.78, 5) is 4.89. The van der Waals surface area contributed by atoms with Crippen molar-refractivity contribution in [1.82, 2.24) is 4.98 Å². The molecule has 0 radical (unpaired) electrons. The molecule has 0 aliphatic heterocycles. The van der Waals surface area contributed by atoms with E-state index in [2.05, 4.69) is 58.8 Å². The number of fused-ring (bicyclic) bond motifs is 3. The Hall–Kier alpha value is 0.880. The van der Waals surface area contributed by atoms with E-state index in [1.807, 2.05) is 12.3 Å². The first-order valence-corrected chi connectivity index (χ1v) is 8.09. The average Bonchev–Trinajstić information content (AvgIpc) is 2.79. The lowest BCUT2D eigenvalue weighted by Crippen LogP contribution is -2.56. The van der Waals surface area contributed by atoms with Gasteiger partial charge in [0.25, 0.3) is 0 Å². The molecule has 0 bridgehead atoms. The van der Waals surface area contributed by atoms with Gasteiger partial charge < -0.3 is 0 Å². The molecular formula is C11H7Br3ClN. The highest BCUT2D eigenvalue weighted by molar-refractivity contribution is 9.26. The van der Waals surface area contributed by atoms with Crippen molar-refractivity contribution in [3.05, 3.63) is 29.6 Å². The van der Waals surface area contributed by atoms with E-state index in [9.17, 15) is 0 Å². The lowest BCUT2D eigenvalue weighted by molar-refractivity contribution is 0.254. The van der Waals surface area contributed by atoms with Crippen LogP contribution < -0.4 is 0 Å². The molecule has 0 N–H and O–H groups in total. The Morgan fingerprint density at radius 3 is 2.81 bits per heavy atom. The Kier molecular flexibility index (Phi) is 1.95. The number of nitrogens with zero attached hydrogens (tertiary/aromatic N) is 1. The summed E-state index contributed by atoms with van der Waals surface area (Å²) in [6.07, 6.45) is 1.87. The summed E-state index contributed by atoms with van der Waals surface area (Å²) in [5.41, 5.74) is 2.71. The third-order valence-corrected chi connectivity index (χ3v) is 9.80. The molecule has 2 fully saturated rings. The second-order valence-corrected chi connectivity index (χ2v) is 9.82. The van der Waals surface area contributed by atoms with Gasteiger partial charge in [-0.05, 0) is 11.6 Å². The molecule has 0 aromatic carbocycles. The predicted molar refractivity (Wildman–Crippen MR) is 75.1 cm³/mol. The third kappa shape index (κ3) is 0.827. The molecule has 5 atom stereocenters. The summed E-state index contributed by atoms with van der Waals surface area (Å²) >= 11 is 17.8. The highest BCUT2D eigenvalue weighted by Crippen LogP contribution is 2.90. The summed E-state index contributed by atoms with van der Waals surface area (Å²) in [5, 5.41) is 0.201. The first kappa shape index (κ1) is 10.8. The molecule has 0 amide bonds. The molecule has 1 heterocycles. The number of hydrogen-bond acceptors (Lipinski definition) is 1. The fraction of sp³-hybridized carbons (Fsp3) is 0.545. The normalized spacial score (nSPS) is 50.0. The smallest absolute Gasteiger partial charge is 0.102 e. The van der Waals surface area contributed by atoms with Gasteiger partial charge >= 0.3 is 0 Å². The van der Waals surface area contributed by atoms with E-state index in [0.717, 1.165) is 0 Å². The maximum Gasteiger partial charge on any atom is 0.102 e. The molecule has 1 nitrogen and oxygen atoms in total. The minimum atomic E-state index is -0.0878. The van der Waals surface area contributed by atoms with E-state index >= 15 is 0 Å². The van der Waals surface area contributed by atoms with Gasteiger partial charge in [-0.1, -0.05) is 53.9 Å². The SMILES string of the molecule is Cl[C@@H]1[C@@H]2c3ncccc3[C@H]3[C@@H](Br)C(Br)(Br)[C@]132. The van der Waals surface area contributed by atoms with E-state index in [0.29, 0.717) is 16.7 Å². The van der Waals surface area contributed by atoms with E-state index < -0.39 is 0 Å². The fourth-order valence-electron chi connectivity index (χ4n) is 3.65. The van der Waals surface area contributed by atoms with E-state index in [4.69, 9.17) is 11.6 Å². The second kappa shape index (κ2) is 2.89. The van der Waals surface area contributed by atoms with E-state index in [-0.39, 0.29) is 14.0 Å². The van der Waals surface area contributed by atoms with Gasteiger partial charge in [0.1, 0.15) is 3.23 Å². The van der Waals surface area contributed by atoms with Crippen LogP contribution in [0.3, 0.4) is 0 Å². The van der Waals surface area contributed by atoms with Crippen LogP contribution in [0.2, 0.25) is 0 Å². The fourth-order valence-corrected chi connectivity index (χ4v) is 7.74. The first-order chi connectivity index (χ1) is 7.54. The van der Waals surface area contributed by atoms with E-state index in [1.54, 1.807) is 0 Å². The first-order valence-electron chi connectivity index (χ1n) is 5.15. The minimum absolute atomic E-state index is 0.0878. The second-order valence-electron chi connectivity index (χ2n) is 4.79. The van der Waals surface area contributed by atoms with Crippen LogP contribution in [-0.2, 0) is 0 Å². The molecule has 4 rings (SSSR count). The summed E-state index contributed by atoms with van der Waals surface area (Å²) in [6.45, 7) is 0. The Morgan fingerprint density at radius 2 is 2.06 bits per heavy atom. The summed E-state index contributed by atoms with van der Waals surface area (Å²) in [7, 11) is 0. The van der Waals surface area contributed by atoms with Crippen LogP contribution >= 0.6 is 59.4 Å². The van der Waals surface area contributed by atoms with Crippen molar-refractivity contribution in [3.63, 3.8) is 0 Å². The largest absolute Gasteiger partial charge is 0.261 e. The van der Waals surface area contributed by atoms with Crippen molar-refractivity contribution < 1.29 is 0 Å². The molecule has 84 valence electrons. The zero-order valence-electron chi connectivity index (χ0n) is 8.00. The quantitative estimate of drug-likeness (QED) is 0.567. The monoisotopic (exact) mass is 425 g/mol. The van der Waals surface area contributed by atoms with Crippen molar-refractivity contribution >= 4 is 59.4 Å². The molecule has 1 aromatic rings. The molecule has 3 aliphatic carbocycles. The van der Waals surface area contributed by atoms with Crippen molar-refractivity contribution in [2.75, 3.05) is 0 Å². The molecule has 1 aromatic heterocycles. The predicted octanol–water partition coefficient (Wildman–Crippen LogP) is 4.13. The lowest BCUT2D eigenvalue weighted by atomic mass is 9.69. The van der Waals surface area contributed by atoms with E-state index in [1.165, 1.54) is 11.3 Å². The number of rotatable bonds is 0. The lowest BCUT2D eigenvalue weighted by Gasteiger charge is -2.53. The topological polar surface area (TPSA) is 12.9 Å². The Morgan fingerprint density at radius 1 is 1.31 bits per heavy atom. The Labute approximate surface area is 124 Å². The minimum Gasteiger partial charge on any atom is -0.261 e. The maximum absolute atomic E-state index is 6.50. The molecule has 3 aliphatic rings.